The molecule has 0 amide bonds. The van der Waals surface area contributed by atoms with Crippen LogP contribution in [0.3, 0.4) is 0 Å². The van der Waals surface area contributed by atoms with Crippen LogP contribution in [0.2, 0.25) is 0 Å². The Balaban J connectivity index is 6.09. The predicted molar refractivity (Wildman–Crippen MR) is 90.9 cm³/mol. The summed E-state index contributed by atoms with van der Waals surface area (Å²) in [6.45, 7) is 2.28. The van der Waals surface area contributed by atoms with E-state index in [1.807, 2.05) is 0 Å². The minimum absolute atomic E-state index is 0.0823. The fourth-order valence-electron chi connectivity index (χ4n) is 1.88. The first-order valence-electron chi connectivity index (χ1n) is 6.38. The molecule has 0 fully saturated rings. The molecule has 0 unspecified atom stereocenters. The molecule has 0 aliphatic heterocycles. The van der Waals surface area contributed by atoms with Crippen molar-refractivity contribution in [2.75, 3.05) is 0 Å². The van der Waals surface area contributed by atoms with E-state index < -0.39 is 56.0 Å². The van der Waals surface area contributed by atoms with E-state index in [2.05, 4.69) is 0 Å². The highest BCUT2D eigenvalue weighted by molar-refractivity contribution is 8.79. The van der Waals surface area contributed by atoms with Crippen molar-refractivity contribution in [1.82, 2.24) is 0 Å². The zero-order chi connectivity index (χ0) is 19.8. The van der Waals surface area contributed by atoms with E-state index in [0.29, 0.717) is 0 Å². The summed E-state index contributed by atoms with van der Waals surface area (Å²) < 4.78 is -5.55. The van der Waals surface area contributed by atoms with Gasteiger partial charge >= 0.3 is 35.2 Å². The third kappa shape index (κ3) is 4.49. The van der Waals surface area contributed by atoms with Crippen LogP contribution in [0.25, 0.3) is 0 Å². The molecule has 0 aromatic rings. The van der Waals surface area contributed by atoms with Crippen LogP contribution >= 0.6 is 21.6 Å². The molecule has 12 N–H and O–H groups in total. The predicted octanol–water partition coefficient (Wildman–Crippen LogP) is -5.51. The van der Waals surface area contributed by atoms with Crippen molar-refractivity contribution in [3.63, 3.8) is 0 Å². The maximum atomic E-state index is 9.56. The van der Waals surface area contributed by atoms with Crippen LogP contribution in [0, 0.1) is 0 Å². The van der Waals surface area contributed by atoms with Crippen molar-refractivity contribution >= 4 is 56.8 Å². The van der Waals surface area contributed by atoms with Gasteiger partial charge in [0.15, 0.2) is 7.99 Å². The summed E-state index contributed by atoms with van der Waals surface area (Å²) in [5, 5.41) is 0. The monoisotopic (exact) mass is 462 g/mol. The second kappa shape index (κ2) is 7.61. The molecule has 0 aromatic heterocycles. The van der Waals surface area contributed by atoms with E-state index >= 15 is 0 Å². The van der Waals surface area contributed by atoms with Gasteiger partial charge in [-0.05, 0) is 12.8 Å². The molecule has 0 saturated carbocycles. The van der Waals surface area contributed by atoms with Crippen molar-refractivity contribution in [1.29, 1.82) is 0 Å². The molecule has 0 atom stereocenters. The molecule has 0 aliphatic carbocycles. The van der Waals surface area contributed by atoms with Crippen LogP contribution in [0.5, 0.6) is 0 Å². The maximum Gasteiger partial charge on any atom is 0.515 e. The summed E-state index contributed by atoms with van der Waals surface area (Å²) in [4.78, 5) is 115. The van der Waals surface area contributed by atoms with Gasteiger partial charge < -0.3 is 57.5 Å². The highest BCUT2D eigenvalue weighted by Gasteiger charge is 2.74. The van der Waals surface area contributed by atoms with Crippen LogP contribution in [0.15, 0.2) is 0 Å². The van der Waals surface area contributed by atoms with Crippen molar-refractivity contribution in [2.24, 2.45) is 0 Å². The van der Waals surface area contributed by atoms with Crippen LogP contribution < -0.4 is 0 Å². The van der Waals surface area contributed by atoms with E-state index in [-0.39, 0.29) is 21.6 Å². The Kier molecular flexibility index (Phi) is 7.95. The van der Waals surface area contributed by atoms with Crippen molar-refractivity contribution in [3.8, 4) is 0 Å². The quantitative estimate of drug-likeness (QED) is 0.113. The van der Waals surface area contributed by atoms with Crippen LogP contribution in [-0.4, -0.2) is 101 Å². The Morgan fingerprint density at radius 2 is 0.667 bits per heavy atom. The molecule has 0 rings (SSSR count). The molecule has 0 spiro atoms. The third-order valence-corrected chi connectivity index (χ3v) is 22.7. The molecule has 0 aromatic carbocycles. The van der Waals surface area contributed by atoms with Gasteiger partial charge in [-0.3, -0.25) is 0 Å². The number of rotatable bonds is 9. The molecule has 0 heterocycles. The molecule has 0 bridgehead atoms. The lowest BCUT2D eigenvalue weighted by Gasteiger charge is -2.43. The Morgan fingerprint density at radius 1 is 0.500 bits per heavy atom. The van der Waals surface area contributed by atoms with Crippen molar-refractivity contribution in [3.05, 3.63) is 0 Å². The van der Waals surface area contributed by atoms with Crippen molar-refractivity contribution < 1.29 is 57.5 Å². The minimum atomic E-state index is -5.51. The van der Waals surface area contributed by atoms with Gasteiger partial charge in [-0.1, -0.05) is 35.4 Å². The van der Waals surface area contributed by atoms with Gasteiger partial charge in [0.25, 0.3) is 0 Å². The lowest BCUT2D eigenvalue weighted by Crippen LogP contribution is -2.75. The highest BCUT2D eigenvalue weighted by atomic mass is 33.1. The van der Waals surface area contributed by atoms with Crippen LogP contribution in [-0.2, 0) is 0 Å². The van der Waals surface area contributed by atoms with Gasteiger partial charge in [-0.25, -0.2) is 0 Å². The zero-order valence-corrected chi connectivity index (χ0v) is 18.2. The third-order valence-electron chi connectivity index (χ3n) is 3.49. The van der Waals surface area contributed by atoms with Gasteiger partial charge in [0, 0.05) is 0 Å². The molecular formula is C6H22O12S2Si4. The fourth-order valence-corrected chi connectivity index (χ4v) is 16.8. The van der Waals surface area contributed by atoms with Gasteiger partial charge in [-0.2, -0.15) is 0 Å². The van der Waals surface area contributed by atoms with E-state index in [9.17, 15) is 57.5 Å². The minimum Gasteiger partial charge on any atom is -0.389 e. The lowest BCUT2D eigenvalue weighted by molar-refractivity contribution is 0.163. The van der Waals surface area contributed by atoms with E-state index in [1.165, 1.54) is 0 Å². The average molecular weight is 463 g/mol. The smallest absolute Gasteiger partial charge is 0.389 e. The first-order chi connectivity index (χ1) is 10.3. The van der Waals surface area contributed by atoms with E-state index in [0.717, 1.165) is 13.8 Å². The maximum absolute atomic E-state index is 9.56. The molecule has 18 heteroatoms. The zero-order valence-electron chi connectivity index (χ0n) is 12.6. The summed E-state index contributed by atoms with van der Waals surface area (Å²) >= 11 is 0. The Hall–Kier alpha value is 1.09. The summed E-state index contributed by atoms with van der Waals surface area (Å²) in [6, 6.07) is 0. The largest absolute Gasteiger partial charge is 0.515 e. The van der Waals surface area contributed by atoms with Gasteiger partial charge in [0.2, 0.25) is 0 Å². The Morgan fingerprint density at radius 3 is 0.750 bits per heavy atom. The average Bonchev–Trinajstić information content (AvgIpc) is 2.28. The van der Waals surface area contributed by atoms with Crippen LogP contribution in [0.1, 0.15) is 26.7 Å². The second-order valence-corrected chi connectivity index (χ2v) is 18.7. The summed E-state index contributed by atoms with van der Waals surface area (Å²) in [7, 11) is -22.2. The second-order valence-electron chi connectivity index (χ2n) is 5.07. The first kappa shape index (κ1) is 25.1. The molecule has 0 aliphatic rings. The van der Waals surface area contributed by atoms with Gasteiger partial charge in [0.1, 0.15) is 0 Å². The lowest BCUT2D eigenvalue weighted by atomic mass is 10.6. The standard InChI is InChI=1S/C6H22O12S2Si4/c1-3-5(21(7,8)9,22(10,11)12)19-20-6(4-2,23(13,14)15)24(16,17)18/h7-18H,3-4H2,1-2H3. The molecule has 24 heavy (non-hydrogen) atoms. The molecule has 12 nitrogen and oxygen atoms in total. The summed E-state index contributed by atoms with van der Waals surface area (Å²) in [5.74, 6) is 0. The van der Waals surface area contributed by atoms with Crippen LogP contribution in [0.4, 0.5) is 0 Å². The molecule has 0 radical (unpaired) electrons. The SMILES string of the molecule is CCC(SSC(CC)([Si](O)(O)O)[Si](O)(O)O)([Si](O)(O)O)[Si](O)(O)O. The van der Waals surface area contributed by atoms with Gasteiger partial charge in [-0.15, -0.1) is 0 Å². The normalized spacial score (nSPS) is 15.8. The first-order valence-corrected chi connectivity index (χ1v) is 15.9. The summed E-state index contributed by atoms with van der Waals surface area (Å²) in [5.41, 5.74) is 0. The molecule has 146 valence electrons. The van der Waals surface area contributed by atoms with Gasteiger partial charge in [0.05, 0.1) is 0 Å². The van der Waals surface area contributed by atoms with Crippen molar-refractivity contribution in [2.45, 2.75) is 34.7 Å². The van der Waals surface area contributed by atoms with E-state index in [4.69, 9.17) is 0 Å². The highest BCUT2D eigenvalue weighted by Crippen LogP contribution is 2.54. The number of hydrogen-bond donors (Lipinski definition) is 12. The van der Waals surface area contributed by atoms with E-state index in [1.54, 1.807) is 0 Å². The Bertz CT molecular complexity index is 357. The molecular weight excluding hydrogens is 441 g/mol. The topological polar surface area (TPSA) is 243 Å². The number of hydrogen-bond acceptors (Lipinski definition) is 14. The molecule has 0 saturated heterocycles. The summed E-state index contributed by atoms with van der Waals surface area (Å²) in [6.07, 6.45) is -1.27. The Labute approximate surface area is 149 Å². The fraction of sp³-hybridized carbons (Fsp3) is 1.00.